The predicted molar refractivity (Wildman–Crippen MR) is 83.1 cm³/mol. The van der Waals surface area contributed by atoms with Crippen LogP contribution >= 0.6 is 0 Å². The van der Waals surface area contributed by atoms with Gasteiger partial charge in [-0.3, -0.25) is 9.59 Å². The summed E-state index contributed by atoms with van der Waals surface area (Å²) in [6.45, 7) is 4.17. The van der Waals surface area contributed by atoms with Crippen molar-refractivity contribution in [1.82, 2.24) is 10.6 Å². The number of amides is 2. The molecule has 1 aliphatic heterocycles. The Morgan fingerprint density at radius 3 is 2.18 bits per heavy atom. The zero-order chi connectivity index (χ0) is 16.4. The van der Waals surface area contributed by atoms with Gasteiger partial charge in [-0.2, -0.15) is 0 Å². The van der Waals surface area contributed by atoms with Gasteiger partial charge in [0.25, 0.3) is 0 Å². The molecule has 0 aromatic rings. The van der Waals surface area contributed by atoms with Gasteiger partial charge in [0.15, 0.2) is 0 Å². The highest BCUT2D eigenvalue weighted by Crippen LogP contribution is 2.09. The molecule has 1 aliphatic rings. The summed E-state index contributed by atoms with van der Waals surface area (Å²) in [5.74, 6) is -0.581. The maximum absolute atomic E-state index is 12.0. The van der Waals surface area contributed by atoms with Gasteiger partial charge in [0, 0.05) is 12.8 Å². The third kappa shape index (κ3) is 7.43. The summed E-state index contributed by atoms with van der Waals surface area (Å²) in [6.07, 6.45) is 5.58. The SMILES string of the molecule is CC(C)[C@@H]1NC(=O)CCCCCCCC(=O)NCCOC1=O. The molecule has 0 unspecified atom stereocenters. The first-order valence-electron chi connectivity index (χ1n) is 8.23. The lowest BCUT2D eigenvalue weighted by Gasteiger charge is -2.21. The molecule has 2 N–H and O–H groups in total. The fraction of sp³-hybridized carbons (Fsp3) is 0.812. The molecule has 126 valence electrons. The highest BCUT2D eigenvalue weighted by atomic mass is 16.5. The Morgan fingerprint density at radius 2 is 1.55 bits per heavy atom. The lowest BCUT2D eigenvalue weighted by atomic mass is 10.0. The molecule has 0 radical (unpaired) electrons. The molecule has 0 aromatic heterocycles. The molecule has 0 saturated carbocycles. The van der Waals surface area contributed by atoms with Crippen LogP contribution in [0.25, 0.3) is 0 Å². The number of ether oxygens (including phenoxy) is 1. The second-order valence-electron chi connectivity index (χ2n) is 6.07. The van der Waals surface area contributed by atoms with Crippen molar-refractivity contribution in [1.29, 1.82) is 0 Å². The fourth-order valence-corrected chi connectivity index (χ4v) is 2.37. The van der Waals surface area contributed by atoms with Crippen LogP contribution in [0.1, 0.15) is 58.8 Å². The quantitative estimate of drug-likeness (QED) is 0.719. The van der Waals surface area contributed by atoms with E-state index in [1.165, 1.54) is 0 Å². The number of nitrogens with one attached hydrogen (secondary N) is 2. The molecule has 0 aromatic carbocycles. The minimum atomic E-state index is -0.629. The Bertz CT molecular complexity index is 382. The van der Waals surface area contributed by atoms with E-state index in [0.29, 0.717) is 19.4 Å². The maximum Gasteiger partial charge on any atom is 0.328 e. The monoisotopic (exact) mass is 312 g/mol. The van der Waals surface area contributed by atoms with E-state index < -0.39 is 12.0 Å². The second kappa shape index (κ2) is 10.2. The molecule has 1 heterocycles. The van der Waals surface area contributed by atoms with Gasteiger partial charge in [-0.25, -0.2) is 4.79 Å². The molecule has 1 saturated heterocycles. The van der Waals surface area contributed by atoms with Gasteiger partial charge in [-0.1, -0.05) is 33.1 Å². The molecular weight excluding hydrogens is 284 g/mol. The number of esters is 1. The van der Waals surface area contributed by atoms with E-state index in [1.807, 2.05) is 13.8 Å². The molecule has 0 bridgehead atoms. The topological polar surface area (TPSA) is 84.5 Å². The van der Waals surface area contributed by atoms with Crippen LogP contribution in [0.4, 0.5) is 0 Å². The fourth-order valence-electron chi connectivity index (χ4n) is 2.37. The van der Waals surface area contributed by atoms with Crippen molar-refractivity contribution in [2.24, 2.45) is 5.92 Å². The van der Waals surface area contributed by atoms with E-state index >= 15 is 0 Å². The van der Waals surface area contributed by atoms with E-state index in [-0.39, 0.29) is 24.3 Å². The maximum atomic E-state index is 12.0. The average molecular weight is 312 g/mol. The van der Waals surface area contributed by atoms with E-state index in [0.717, 1.165) is 32.1 Å². The summed E-state index contributed by atoms with van der Waals surface area (Å²) < 4.78 is 5.14. The Hall–Kier alpha value is -1.59. The van der Waals surface area contributed by atoms with Crippen molar-refractivity contribution in [2.75, 3.05) is 13.2 Å². The summed E-state index contributed by atoms with van der Waals surface area (Å²) in [4.78, 5) is 35.5. The first kappa shape index (κ1) is 18.5. The average Bonchev–Trinajstić information content (AvgIpc) is 2.46. The lowest BCUT2D eigenvalue weighted by molar-refractivity contribution is -0.149. The standard InChI is InChI=1S/C16H28N2O4/c1-12(2)15-16(21)22-11-10-17-13(19)8-6-4-3-5-7-9-14(20)18-15/h12,15H,3-11H2,1-2H3,(H,17,19)(H,18,20)/t15-/m0/s1. The van der Waals surface area contributed by atoms with E-state index in [1.54, 1.807) is 0 Å². The van der Waals surface area contributed by atoms with Crippen LogP contribution in [0.3, 0.4) is 0 Å². The Labute approximate surface area is 132 Å². The number of hydrogen-bond acceptors (Lipinski definition) is 4. The van der Waals surface area contributed by atoms with Gasteiger partial charge in [0.05, 0.1) is 6.54 Å². The highest BCUT2D eigenvalue weighted by Gasteiger charge is 2.25. The molecule has 0 spiro atoms. The summed E-state index contributed by atoms with van der Waals surface area (Å²) in [7, 11) is 0. The van der Waals surface area contributed by atoms with Crippen molar-refractivity contribution in [3.8, 4) is 0 Å². The van der Waals surface area contributed by atoms with Crippen molar-refractivity contribution in [3.05, 3.63) is 0 Å². The first-order valence-corrected chi connectivity index (χ1v) is 8.23. The van der Waals surface area contributed by atoms with Crippen molar-refractivity contribution in [3.63, 3.8) is 0 Å². The summed E-state index contributed by atoms with van der Waals surface area (Å²) in [5, 5.41) is 5.49. The largest absolute Gasteiger partial charge is 0.462 e. The molecule has 0 aliphatic carbocycles. The Kier molecular flexibility index (Phi) is 8.55. The summed E-state index contributed by atoms with van der Waals surface area (Å²) >= 11 is 0. The van der Waals surface area contributed by atoms with Crippen LogP contribution in [0, 0.1) is 5.92 Å². The number of rotatable bonds is 1. The van der Waals surface area contributed by atoms with Crippen LogP contribution in [0.2, 0.25) is 0 Å². The molecule has 6 nitrogen and oxygen atoms in total. The molecule has 22 heavy (non-hydrogen) atoms. The van der Waals surface area contributed by atoms with Gasteiger partial charge in [0.1, 0.15) is 12.6 Å². The number of carbonyl (C=O) groups is 3. The van der Waals surface area contributed by atoms with Crippen molar-refractivity contribution < 1.29 is 19.1 Å². The third-order valence-electron chi connectivity index (χ3n) is 3.71. The minimum Gasteiger partial charge on any atom is -0.462 e. The Balaban J connectivity index is 2.57. The molecule has 1 rings (SSSR count). The minimum absolute atomic E-state index is 0.00291. The van der Waals surface area contributed by atoms with Gasteiger partial charge >= 0.3 is 5.97 Å². The molecular formula is C16H28N2O4. The van der Waals surface area contributed by atoms with Crippen LogP contribution in [0.15, 0.2) is 0 Å². The normalized spacial score (nSPS) is 23.6. The predicted octanol–water partition coefficient (Wildman–Crippen LogP) is 1.53. The lowest BCUT2D eigenvalue weighted by Crippen LogP contribution is -2.45. The molecule has 2 amide bonds. The summed E-state index contributed by atoms with van der Waals surface area (Å²) in [6, 6.07) is -0.629. The zero-order valence-electron chi connectivity index (χ0n) is 13.7. The van der Waals surface area contributed by atoms with E-state index in [2.05, 4.69) is 10.6 Å². The molecule has 1 atom stereocenters. The first-order chi connectivity index (χ1) is 10.5. The molecule has 1 fully saturated rings. The number of cyclic esters (lactones) is 1. The van der Waals surface area contributed by atoms with Crippen LogP contribution in [-0.2, 0) is 19.1 Å². The highest BCUT2D eigenvalue weighted by molar-refractivity contribution is 5.84. The van der Waals surface area contributed by atoms with Gasteiger partial charge < -0.3 is 15.4 Å². The smallest absolute Gasteiger partial charge is 0.328 e. The number of hydrogen-bond donors (Lipinski definition) is 2. The number of carbonyl (C=O) groups excluding carboxylic acids is 3. The Morgan fingerprint density at radius 1 is 0.955 bits per heavy atom. The van der Waals surface area contributed by atoms with Gasteiger partial charge in [-0.05, 0) is 18.8 Å². The van der Waals surface area contributed by atoms with E-state index in [9.17, 15) is 14.4 Å². The van der Waals surface area contributed by atoms with E-state index in [4.69, 9.17) is 4.74 Å². The zero-order valence-corrected chi connectivity index (χ0v) is 13.7. The van der Waals surface area contributed by atoms with Crippen LogP contribution in [-0.4, -0.2) is 37.0 Å². The van der Waals surface area contributed by atoms with Crippen molar-refractivity contribution in [2.45, 2.75) is 64.8 Å². The second-order valence-corrected chi connectivity index (χ2v) is 6.07. The summed E-state index contributed by atoms with van der Waals surface area (Å²) in [5.41, 5.74) is 0. The van der Waals surface area contributed by atoms with Crippen LogP contribution in [0.5, 0.6) is 0 Å². The van der Waals surface area contributed by atoms with Gasteiger partial charge in [0.2, 0.25) is 11.8 Å². The molecule has 6 heteroatoms. The third-order valence-corrected chi connectivity index (χ3v) is 3.71. The van der Waals surface area contributed by atoms with Crippen molar-refractivity contribution >= 4 is 17.8 Å². The van der Waals surface area contributed by atoms with Gasteiger partial charge in [-0.15, -0.1) is 0 Å². The van der Waals surface area contributed by atoms with Crippen LogP contribution < -0.4 is 10.6 Å².